The third-order valence-electron chi connectivity index (χ3n) is 3.27. The summed E-state index contributed by atoms with van der Waals surface area (Å²) in [5, 5.41) is 2.74. The van der Waals surface area contributed by atoms with Crippen LogP contribution in [0.4, 0.5) is 5.69 Å². The Labute approximate surface area is 118 Å². The van der Waals surface area contributed by atoms with Crippen molar-refractivity contribution in [3.05, 3.63) is 23.8 Å². The van der Waals surface area contributed by atoms with E-state index >= 15 is 0 Å². The molecule has 2 rings (SSSR count). The molecular weight excluding hydrogens is 280 g/mol. The first-order valence-electron chi connectivity index (χ1n) is 6.36. The van der Waals surface area contributed by atoms with Crippen molar-refractivity contribution in [2.45, 2.75) is 18.9 Å². The predicted octanol–water partition coefficient (Wildman–Crippen LogP) is 0.584. The van der Waals surface area contributed by atoms with Crippen molar-refractivity contribution in [2.75, 3.05) is 24.3 Å². The average Bonchev–Trinajstić information content (AvgIpc) is 2.37. The van der Waals surface area contributed by atoms with Gasteiger partial charge in [0.1, 0.15) is 5.75 Å². The van der Waals surface area contributed by atoms with Gasteiger partial charge in [0.05, 0.1) is 24.2 Å². The van der Waals surface area contributed by atoms with E-state index in [1.165, 1.54) is 13.2 Å². The molecule has 0 bridgehead atoms. The van der Waals surface area contributed by atoms with Gasteiger partial charge in [-0.25, -0.2) is 8.42 Å². The van der Waals surface area contributed by atoms with Crippen LogP contribution in [0.15, 0.2) is 18.2 Å². The maximum Gasteiger partial charge on any atom is 0.255 e. The first kappa shape index (κ1) is 14.6. The average molecular weight is 298 g/mol. The number of amides is 1. The standard InChI is InChI=1S/C13H18N2O4S/c1-19-12-5-4-9(14)7-11(12)13(16)15-10-3-2-6-20(17,18)8-10/h4-5,7,10H,2-3,6,8,14H2,1H3,(H,15,16). The molecule has 1 saturated heterocycles. The lowest BCUT2D eigenvalue weighted by atomic mass is 10.1. The Balaban J connectivity index is 2.14. The normalized spacial score (nSPS) is 21.1. The summed E-state index contributed by atoms with van der Waals surface area (Å²) in [6.07, 6.45) is 1.23. The largest absolute Gasteiger partial charge is 0.496 e. The maximum atomic E-state index is 12.2. The Bertz CT molecular complexity index is 613. The van der Waals surface area contributed by atoms with E-state index in [-0.39, 0.29) is 23.5 Å². The molecule has 110 valence electrons. The molecule has 0 saturated carbocycles. The molecular formula is C13H18N2O4S. The highest BCUT2D eigenvalue weighted by atomic mass is 32.2. The fourth-order valence-electron chi connectivity index (χ4n) is 2.30. The van der Waals surface area contributed by atoms with Gasteiger partial charge < -0.3 is 15.8 Å². The second-order valence-electron chi connectivity index (χ2n) is 4.89. The minimum Gasteiger partial charge on any atom is -0.496 e. The summed E-state index contributed by atoms with van der Waals surface area (Å²) in [5.41, 5.74) is 6.43. The van der Waals surface area contributed by atoms with Gasteiger partial charge in [-0.15, -0.1) is 0 Å². The summed E-state index contributed by atoms with van der Waals surface area (Å²) in [6, 6.07) is 4.42. The van der Waals surface area contributed by atoms with E-state index in [4.69, 9.17) is 10.5 Å². The highest BCUT2D eigenvalue weighted by Gasteiger charge is 2.26. The minimum atomic E-state index is -3.05. The number of sulfone groups is 1. The second-order valence-corrected chi connectivity index (χ2v) is 7.12. The van der Waals surface area contributed by atoms with Gasteiger partial charge in [0.15, 0.2) is 9.84 Å². The van der Waals surface area contributed by atoms with Gasteiger partial charge in [0, 0.05) is 11.7 Å². The number of nitrogen functional groups attached to an aromatic ring is 1. The lowest BCUT2D eigenvalue weighted by Crippen LogP contribution is -2.43. The Kier molecular flexibility index (Phi) is 4.17. The predicted molar refractivity (Wildman–Crippen MR) is 76.5 cm³/mol. The van der Waals surface area contributed by atoms with Gasteiger partial charge in [-0.3, -0.25) is 4.79 Å². The molecule has 3 N–H and O–H groups in total. The van der Waals surface area contributed by atoms with Crippen LogP contribution >= 0.6 is 0 Å². The molecule has 1 aromatic carbocycles. The summed E-state index contributed by atoms with van der Waals surface area (Å²) in [4.78, 5) is 12.2. The van der Waals surface area contributed by atoms with Gasteiger partial charge in [-0.1, -0.05) is 0 Å². The van der Waals surface area contributed by atoms with Crippen molar-refractivity contribution in [1.82, 2.24) is 5.32 Å². The summed E-state index contributed by atoms with van der Waals surface area (Å²) in [5.74, 6) is 0.233. The number of carbonyl (C=O) groups excluding carboxylic acids is 1. The fraction of sp³-hybridized carbons (Fsp3) is 0.462. The molecule has 0 spiro atoms. The van der Waals surface area contributed by atoms with Gasteiger partial charge >= 0.3 is 0 Å². The van der Waals surface area contributed by atoms with Crippen LogP contribution in [0.25, 0.3) is 0 Å². The van der Waals surface area contributed by atoms with Crippen LogP contribution in [0.2, 0.25) is 0 Å². The zero-order valence-electron chi connectivity index (χ0n) is 11.3. The number of hydrogen-bond donors (Lipinski definition) is 2. The SMILES string of the molecule is COc1ccc(N)cc1C(=O)NC1CCCS(=O)(=O)C1. The number of ether oxygens (including phenoxy) is 1. The third kappa shape index (κ3) is 3.41. The lowest BCUT2D eigenvalue weighted by molar-refractivity contribution is 0.0935. The van der Waals surface area contributed by atoms with E-state index in [2.05, 4.69) is 5.32 Å². The molecule has 0 aromatic heterocycles. The summed E-state index contributed by atoms with van der Waals surface area (Å²) < 4.78 is 28.2. The molecule has 6 nitrogen and oxygen atoms in total. The van der Waals surface area contributed by atoms with E-state index in [9.17, 15) is 13.2 Å². The maximum absolute atomic E-state index is 12.2. The topological polar surface area (TPSA) is 98.5 Å². The van der Waals surface area contributed by atoms with E-state index in [1.54, 1.807) is 12.1 Å². The fourth-order valence-corrected chi connectivity index (χ4v) is 3.94. The number of nitrogens with one attached hydrogen (secondary N) is 1. The highest BCUT2D eigenvalue weighted by Crippen LogP contribution is 2.21. The Hall–Kier alpha value is -1.76. The number of nitrogens with two attached hydrogens (primary N) is 1. The summed E-state index contributed by atoms with van der Waals surface area (Å²) in [6.45, 7) is 0. The molecule has 1 unspecified atom stereocenters. The zero-order valence-corrected chi connectivity index (χ0v) is 12.1. The van der Waals surface area contributed by atoms with Crippen molar-refractivity contribution in [3.8, 4) is 5.75 Å². The van der Waals surface area contributed by atoms with Crippen LogP contribution in [0, 0.1) is 0 Å². The second kappa shape index (κ2) is 5.70. The van der Waals surface area contributed by atoms with Gasteiger partial charge in [0.2, 0.25) is 0 Å². The van der Waals surface area contributed by atoms with E-state index in [0.717, 1.165) is 0 Å². The first-order chi connectivity index (χ1) is 9.41. The highest BCUT2D eigenvalue weighted by molar-refractivity contribution is 7.91. The number of carbonyl (C=O) groups is 1. The molecule has 1 aliphatic rings. The van der Waals surface area contributed by atoms with Gasteiger partial charge in [-0.2, -0.15) is 0 Å². The van der Waals surface area contributed by atoms with E-state index < -0.39 is 9.84 Å². The van der Waals surface area contributed by atoms with E-state index in [1.807, 2.05) is 0 Å². The van der Waals surface area contributed by atoms with Crippen molar-refractivity contribution in [1.29, 1.82) is 0 Å². The molecule has 1 fully saturated rings. The van der Waals surface area contributed by atoms with Crippen LogP contribution in [-0.2, 0) is 9.84 Å². The molecule has 7 heteroatoms. The van der Waals surface area contributed by atoms with Gasteiger partial charge in [-0.05, 0) is 31.0 Å². The van der Waals surface area contributed by atoms with Crippen LogP contribution in [0.5, 0.6) is 5.75 Å². The van der Waals surface area contributed by atoms with Gasteiger partial charge in [0.25, 0.3) is 5.91 Å². The number of hydrogen-bond acceptors (Lipinski definition) is 5. The molecule has 1 aliphatic heterocycles. The lowest BCUT2D eigenvalue weighted by Gasteiger charge is -2.23. The first-order valence-corrected chi connectivity index (χ1v) is 8.18. The van der Waals surface area contributed by atoms with Crippen LogP contribution < -0.4 is 15.8 Å². The zero-order chi connectivity index (χ0) is 14.8. The Morgan fingerprint density at radius 1 is 1.45 bits per heavy atom. The number of methoxy groups -OCH3 is 1. The van der Waals surface area contributed by atoms with Crippen LogP contribution in [0.3, 0.4) is 0 Å². The molecule has 0 radical (unpaired) electrons. The Morgan fingerprint density at radius 2 is 2.20 bits per heavy atom. The quantitative estimate of drug-likeness (QED) is 0.796. The molecule has 1 atom stereocenters. The van der Waals surface area contributed by atoms with Crippen molar-refractivity contribution < 1.29 is 17.9 Å². The van der Waals surface area contributed by atoms with Crippen LogP contribution in [0.1, 0.15) is 23.2 Å². The Morgan fingerprint density at radius 3 is 2.85 bits per heavy atom. The molecule has 1 amide bonds. The smallest absolute Gasteiger partial charge is 0.255 e. The van der Waals surface area contributed by atoms with Crippen molar-refractivity contribution in [3.63, 3.8) is 0 Å². The molecule has 1 aromatic rings. The molecule has 1 heterocycles. The number of rotatable bonds is 3. The van der Waals surface area contributed by atoms with Crippen molar-refractivity contribution >= 4 is 21.4 Å². The monoisotopic (exact) mass is 298 g/mol. The summed E-state index contributed by atoms with van der Waals surface area (Å²) >= 11 is 0. The van der Waals surface area contributed by atoms with E-state index in [0.29, 0.717) is 29.8 Å². The number of anilines is 1. The van der Waals surface area contributed by atoms with Crippen molar-refractivity contribution in [2.24, 2.45) is 0 Å². The minimum absolute atomic E-state index is 0.0105. The number of benzene rings is 1. The van der Waals surface area contributed by atoms with Crippen LogP contribution in [-0.4, -0.2) is 39.0 Å². The summed E-state index contributed by atoms with van der Waals surface area (Å²) in [7, 11) is -1.59. The molecule has 20 heavy (non-hydrogen) atoms. The third-order valence-corrected chi connectivity index (χ3v) is 5.09. The molecule has 0 aliphatic carbocycles.